The Kier molecular flexibility index (Phi) is 2.53. The van der Waals surface area contributed by atoms with Crippen molar-refractivity contribution in [2.45, 2.75) is 33.6 Å². The zero-order valence-corrected chi connectivity index (χ0v) is 7.30. The van der Waals surface area contributed by atoms with Gasteiger partial charge in [-0.2, -0.15) is 0 Å². The van der Waals surface area contributed by atoms with Crippen LogP contribution in [0.5, 0.6) is 0 Å². The molecule has 0 fully saturated rings. The Morgan fingerprint density at radius 1 is 1.60 bits per heavy atom. The molecule has 0 aromatic rings. The van der Waals surface area contributed by atoms with Crippen molar-refractivity contribution >= 4 is 0 Å². The van der Waals surface area contributed by atoms with E-state index < -0.39 is 0 Å². The summed E-state index contributed by atoms with van der Waals surface area (Å²) in [6.07, 6.45) is 7.34. The topological polar surface area (TPSA) is 0 Å². The van der Waals surface area contributed by atoms with Gasteiger partial charge in [-0.3, -0.25) is 0 Å². The van der Waals surface area contributed by atoms with Gasteiger partial charge >= 0.3 is 0 Å². The minimum Gasteiger partial charge on any atom is -0.0880 e. The number of hydrogen-bond donors (Lipinski definition) is 0. The van der Waals surface area contributed by atoms with Crippen molar-refractivity contribution in [2.75, 3.05) is 0 Å². The molecule has 0 heteroatoms. The molecular weight excluding hydrogens is 120 g/mol. The third kappa shape index (κ3) is 1.42. The molecule has 0 heterocycles. The highest BCUT2D eigenvalue weighted by molar-refractivity contribution is 5.00. The molecule has 1 aliphatic carbocycles. The van der Waals surface area contributed by atoms with Crippen molar-refractivity contribution in [3.63, 3.8) is 0 Å². The van der Waals surface area contributed by atoms with E-state index in [9.17, 15) is 0 Å². The summed E-state index contributed by atoms with van der Waals surface area (Å²) in [4.78, 5) is 0. The molecule has 0 N–H and O–H groups in total. The molecule has 0 nitrogen and oxygen atoms in total. The molecule has 1 rings (SSSR count). The summed E-state index contributed by atoms with van der Waals surface area (Å²) in [5, 5.41) is 0. The third-order valence-corrected chi connectivity index (χ3v) is 2.90. The average molecular weight is 138 g/mol. The van der Waals surface area contributed by atoms with Crippen LogP contribution in [0.4, 0.5) is 0 Å². The molecule has 1 unspecified atom stereocenters. The van der Waals surface area contributed by atoms with E-state index in [1.165, 1.54) is 12.8 Å². The normalized spacial score (nSPS) is 34.7. The zero-order valence-electron chi connectivity index (χ0n) is 7.30. The molecule has 0 radical (unpaired) electrons. The van der Waals surface area contributed by atoms with Gasteiger partial charge < -0.3 is 0 Å². The average Bonchev–Trinajstić information content (AvgIpc) is 2.34. The van der Waals surface area contributed by atoms with Crippen LogP contribution in [0.3, 0.4) is 0 Å². The Hall–Kier alpha value is -0.260. The van der Waals surface area contributed by atoms with Gasteiger partial charge in [0.25, 0.3) is 0 Å². The van der Waals surface area contributed by atoms with E-state index in [0.29, 0.717) is 0 Å². The summed E-state index contributed by atoms with van der Waals surface area (Å²) in [5.41, 5.74) is 0. The predicted molar refractivity (Wildman–Crippen MR) is 45.9 cm³/mol. The summed E-state index contributed by atoms with van der Waals surface area (Å²) in [7, 11) is 0. The van der Waals surface area contributed by atoms with Gasteiger partial charge in [-0.25, -0.2) is 0 Å². The maximum absolute atomic E-state index is 2.37. The van der Waals surface area contributed by atoms with Crippen LogP contribution >= 0.6 is 0 Å². The first kappa shape index (κ1) is 7.84. The molecule has 0 aliphatic heterocycles. The fraction of sp³-hybridized carbons (Fsp3) is 0.800. The van der Waals surface area contributed by atoms with Crippen LogP contribution in [0, 0.1) is 17.8 Å². The smallest absolute Gasteiger partial charge is 0.0228 e. The number of hydrogen-bond acceptors (Lipinski definition) is 0. The second kappa shape index (κ2) is 3.23. The van der Waals surface area contributed by atoms with Gasteiger partial charge in [-0.05, 0) is 24.2 Å². The van der Waals surface area contributed by atoms with Crippen LogP contribution in [0.15, 0.2) is 12.2 Å². The molecule has 1 aliphatic rings. The molecule has 0 spiro atoms. The van der Waals surface area contributed by atoms with Crippen molar-refractivity contribution in [1.29, 1.82) is 0 Å². The summed E-state index contributed by atoms with van der Waals surface area (Å²) in [5.74, 6) is 2.67. The molecule has 10 heavy (non-hydrogen) atoms. The van der Waals surface area contributed by atoms with Gasteiger partial charge in [-0.15, -0.1) is 0 Å². The fourth-order valence-corrected chi connectivity index (χ4v) is 1.86. The first-order valence-electron chi connectivity index (χ1n) is 4.42. The summed E-state index contributed by atoms with van der Waals surface area (Å²) in [6.45, 7) is 6.99. The molecular formula is C10H18. The maximum Gasteiger partial charge on any atom is -0.0228 e. The molecule has 0 bridgehead atoms. The molecule has 0 amide bonds. The Morgan fingerprint density at radius 3 is 2.70 bits per heavy atom. The van der Waals surface area contributed by atoms with Gasteiger partial charge in [-0.1, -0.05) is 39.3 Å². The maximum atomic E-state index is 2.37. The zero-order chi connectivity index (χ0) is 7.56. The molecule has 0 aromatic heterocycles. The second-order valence-electron chi connectivity index (χ2n) is 3.57. The number of rotatable bonds is 2. The van der Waals surface area contributed by atoms with E-state index in [1.54, 1.807) is 0 Å². The van der Waals surface area contributed by atoms with Crippen LogP contribution < -0.4 is 0 Å². The predicted octanol–water partition coefficient (Wildman–Crippen LogP) is 3.24. The first-order chi connectivity index (χ1) is 4.75. The van der Waals surface area contributed by atoms with Crippen molar-refractivity contribution in [1.82, 2.24) is 0 Å². The van der Waals surface area contributed by atoms with Gasteiger partial charge in [0.15, 0.2) is 0 Å². The summed E-state index contributed by atoms with van der Waals surface area (Å²) < 4.78 is 0. The highest BCUT2D eigenvalue weighted by atomic mass is 14.3. The minimum absolute atomic E-state index is 0.829. The lowest BCUT2D eigenvalue weighted by Gasteiger charge is -2.21. The van der Waals surface area contributed by atoms with E-state index in [2.05, 4.69) is 32.9 Å². The highest BCUT2D eigenvalue weighted by Gasteiger charge is 2.22. The molecule has 3 atom stereocenters. The molecule has 58 valence electrons. The van der Waals surface area contributed by atoms with E-state index in [0.717, 1.165) is 17.8 Å². The van der Waals surface area contributed by atoms with Crippen molar-refractivity contribution in [3.05, 3.63) is 12.2 Å². The third-order valence-electron chi connectivity index (χ3n) is 2.90. The van der Waals surface area contributed by atoms with Crippen molar-refractivity contribution in [2.24, 2.45) is 17.8 Å². The largest absolute Gasteiger partial charge is 0.0880 e. The van der Waals surface area contributed by atoms with Gasteiger partial charge in [0.1, 0.15) is 0 Å². The SMILES string of the molecule is CC[C@@H](C)C1CC=C[C@@H]1C. The second-order valence-corrected chi connectivity index (χ2v) is 3.57. The van der Waals surface area contributed by atoms with E-state index in [-0.39, 0.29) is 0 Å². The quantitative estimate of drug-likeness (QED) is 0.514. The van der Waals surface area contributed by atoms with Crippen LogP contribution in [-0.2, 0) is 0 Å². The Morgan fingerprint density at radius 2 is 2.30 bits per heavy atom. The number of allylic oxidation sites excluding steroid dienone is 2. The van der Waals surface area contributed by atoms with Gasteiger partial charge in [0.2, 0.25) is 0 Å². The van der Waals surface area contributed by atoms with E-state index in [4.69, 9.17) is 0 Å². The summed E-state index contributed by atoms with van der Waals surface area (Å²) in [6, 6.07) is 0. The molecule has 0 aromatic carbocycles. The monoisotopic (exact) mass is 138 g/mol. The summed E-state index contributed by atoms with van der Waals surface area (Å²) >= 11 is 0. The minimum atomic E-state index is 0.829. The van der Waals surface area contributed by atoms with Crippen LogP contribution in [0.2, 0.25) is 0 Å². The van der Waals surface area contributed by atoms with Crippen molar-refractivity contribution < 1.29 is 0 Å². The lowest BCUT2D eigenvalue weighted by molar-refractivity contribution is 0.305. The Balaban J connectivity index is 2.42. The fourth-order valence-electron chi connectivity index (χ4n) is 1.86. The van der Waals surface area contributed by atoms with Crippen LogP contribution in [-0.4, -0.2) is 0 Å². The lowest BCUT2D eigenvalue weighted by Crippen LogP contribution is -2.13. The molecule has 0 saturated carbocycles. The lowest BCUT2D eigenvalue weighted by atomic mass is 9.84. The van der Waals surface area contributed by atoms with Gasteiger partial charge in [0, 0.05) is 0 Å². The first-order valence-corrected chi connectivity index (χ1v) is 4.42. The van der Waals surface area contributed by atoms with E-state index >= 15 is 0 Å². The van der Waals surface area contributed by atoms with Gasteiger partial charge in [0.05, 0.1) is 0 Å². The Labute approximate surface area is 64.3 Å². The van der Waals surface area contributed by atoms with E-state index in [1.807, 2.05) is 0 Å². The van der Waals surface area contributed by atoms with Crippen molar-refractivity contribution in [3.8, 4) is 0 Å². The van der Waals surface area contributed by atoms with Crippen LogP contribution in [0.1, 0.15) is 33.6 Å². The molecule has 0 saturated heterocycles. The van der Waals surface area contributed by atoms with Crippen LogP contribution in [0.25, 0.3) is 0 Å². The highest BCUT2D eigenvalue weighted by Crippen LogP contribution is 2.32. The standard InChI is InChI=1S/C10H18/c1-4-8(2)10-7-5-6-9(10)3/h5-6,8-10H,4,7H2,1-3H3/t8-,9+,10?/m1/s1. The Bertz CT molecular complexity index is 124.